The van der Waals surface area contributed by atoms with Gasteiger partial charge < -0.3 is 10.6 Å². The van der Waals surface area contributed by atoms with Gasteiger partial charge in [0.1, 0.15) is 9.77 Å². The van der Waals surface area contributed by atoms with Gasteiger partial charge in [0.15, 0.2) is 12.7 Å². The number of amides is 2. The molecule has 3 N–H and O–H groups in total. The van der Waals surface area contributed by atoms with Gasteiger partial charge in [0, 0.05) is 21.5 Å². The second-order valence-corrected chi connectivity index (χ2v) is 11.5. The Morgan fingerprint density at radius 2 is 1.68 bits per heavy atom. The normalized spacial score (nSPS) is 11.8. The Kier molecular flexibility index (Phi) is 9.53. The third kappa shape index (κ3) is 8.40. The van der Waals surface area contributed by atoms with E-state index in [1.165, 1.54) is 12.1 Å². The third-order valence-electron chi connectivity index (χ3n) is 4.83. The zero-order valence-corrected chi connectivity index (χ0v) is 22.0. The SMILES string of the molecule is O=C(CNS(=O)(=O)c1ccc(CNC(=O)c2ccc(Cl)cc2)s1)NCC[n+]1cc(C(F)(F)F)ccc1Cl. The topological polar surface area (TPSA) is 108 Å². The van der Waals surface area contributed by atoms with Crippen LogP contribution >= 0.6 is 34.5 Å². The van der Waals surface area contributed by atoms with Crippen LogP contribution in [0.15, 0.2) is 58.9 Å². The van der Waals surface area contributed by atoms with Gasteiger partial charge in [-0.25, -0.2) is 13.1 Å². The van der Waals surface area contributed by atoms with Crippen molar-refractivity contribution < 1.29 is 35.7 Å². The van der Waals surface area contributed by atoms with E-state index in [1.807, 2.05) is 0 Å². The molecule has 3 aromatic rings. The fourth-order valence-corrected chi connectivity index (χ4v) is 5.59. The Bertz CT molecular complexity index is 1380. The molecule has 0 saturated heterocycles. The molecule has 0 fully saturated rings. The minimum absolute atomic E-state index is 0.0424. The number of benzene rings is 1. The number of pyridine rings is 1. The summed E-state index contributed by atoms with van der Waals surface area (Å²) < 4.78 is 66.8. The van der Waals surface area contributed by atoms with Crippen LogP contribution in [0.2, 0.25) is 10.2 Å². The fourth-order valence-electron chi connectivity index (χ4n) is 2.94. The molecular weight excluding hydrogens is 576 g/mol. The highest BCUT2D eigenvalue weighted by atomic mass is 35.5. The molecule has 0 atom stereocenters. The molecule has 0 spiro atoms. The largest absolute Gasteiger partial charge is 0.422 e. The predicted octanol–water partition coefficient (Wildman–Crippen LogP) is 3.39. The van der Waals surface area contributed by atoms with Crippen LogP contribution in [-0.4, -0.2) is 33.3 Å². The number of carbonyl (C=O) groups excluding carboxylic acids is 2. The van der Waals surface area contributed by atoms with Crippen molar-refractivity contribution in [1.29, 1.82) is 0 Å². The molecule has 1 aromatic carbocycles. The van der Waals surface area contributed by atoms with Crippen molar-refractivity contribution in [3.63, 3.8) is 0 Å². The number of carbonyl (C=O) groups is 2. The third-order valence-corrected chi connectivity index (χ3v) is 8.40. The van der Waals surface area contributed by atoms with Gasteiger partial charge in [0.2, 0.25) is 5.91 Å². The van der Waals surface area contributed by atoms with Crippen molar-refractivity contribution >= 4 is 56.4 Å². The molecule has 0 saturated carbocycles. The second-order valence-electron chi connectivity index (χ2n) is 7.52. The summed E-state index contributed by atoms with van der Waals surface area (Å²) in [6.07, 6.45) is -3.72. The molecule has 3 rings (SSSR count). The molecule has 37 heavy (non-hydrogen) atoms. The first-order chi connectivity index (χ1) is 17.3. The predicted molar refractivity (Wildman–Crippen MR) is 132 cm³/mol. The zero-order valence-electron chi connectivity index (χ0n) is 18.8. The summed E-state index contributed by atoms with van der Waals surface area (Å²) in [6.45, 7) is -0.623. The van der Waals surface area contributed by atoms with Gasteiger partial charge in [-0.15, -0.1) is 11.3 Å². The van der Waals surface area contributed by atoms with E-state index in [0.717, 1.165) is 34.2 Å². The lowest BCUT2D eigenvalue weighted by Gasteiger charge is -2.08. The Hall–Kier alpha value is -2.71. The summed E-state index contributed by atoms with van der Waals surface area (Å²) >= 11 is 12.6. The summed E-state index contributed by atoms with van der Waals surface area (Å²) in [5, 5.41) is 5.63. The van der Waals surface area contributed by atoms with Crippen molar-refractivity contribution in [3.05, 3.63) is 80.9 Å². The lowest BCUT2D eigenvalue weighted by atomic mass is 10.2. The van der Waals surface area contributed by atoms with E-state index in [1.54, 1.807) is 24.3 Å². The summed E-state index contributed by atoms with van der Waals surface area (Å²) in [4.78, 5) is 24.8. The van der Waals surface area contributed by atoms with Crippen molar-refractivity contribution in [3.8, 4) is 0 Å². The van der Waals surface area contributed by atoms with Crippen molar-refractivity contribution in [2.45, 2.75) is 23.5 Å². The minimum atomic E-state index is -4.54. The van der Waals surface area contributed by atoms with E-state index >= 15 is 0 Å². The first-order valence-corrected chi connectivity index (χ1v) is 13.6. The fraction of sp³-hybridized carbons (Fsp3) is 0.227. The van der Waals surface area contributed by atoms with E-state index in [4.69, 9.17) is 23.2 Å². The number of nitrogens with one attached hydrogen (secondary N) is 3. The molecular formula is C22H20Cl2F3N4O4S2+. The summed E-state index contributed by atoms with van der Waals surface area (Å²) in [7, 11) is -4.01. The molecule has 2 heterocycles. The van der Waals surface area contributed by atoms with Crippen LogP contribution in [-0.2, 0) is 34.1 Å². The van der Waals surface area contributed by atoms with Gasteiger partial charge in [-0.05, 0) is 54.1 Å². The maximum atomic E-state index is 12.9. The van der Waals surface area contributed by atoms with E-state index in [2.05, 4.69) is 15.4 Å². The molecule has 15 heteroatoms. The van der Waals surface area contributed by atoms with Gasteiger partial charge >= 0.3 is 6.18 Å². The highest BCUT2D eigenvalue weighted by Gasteiger charge is 2.33. The summed E-state index contributed by atoms with van der Waals surface area (Å²) in [5.41, 5.74) is -0.494. The van der Waals surface area contributed by atoms with E-state index in [0.29, 0.717) is 15.5 Å². The van der Waals surface area contributed by atoms with Crippen molar-refractivity contribution in [1.82, 2.24) is 15.4 Å². The summed E-state index contributed by atoms with van der Waals surface area (Å²) in [6, 6.07) is 11.1. The molecule has 198 valence electrons. The van der Waals surface area contributed by atoms with Crippen molar-refractivity contribution in [2.75, 3.05) is 13.1 Å². The number of hydrogen-bond acceptors (Lipinski definition) is 5. The molecule has 0 aliphatic heterocycles. The van der Waals surface area contributed by atoms with Gasteiger partial charge in [0.25, 0.3) is 21.1 Å². The van der Waals surface area contributed by atoms with Crippen LogP contribution < -0.4 is 19.9 Å². The Morgan fingerprint density at radius 3 is 2.35 bits per heavy atom. The highest BCUT2D eigenvalue weighted by Crippen LogP contribution is 2.28. The van der Waals surface area contributed by atoms with Gasteiger partial charge in [-0.3, -0.25) is 9.59 Å². The monoisotopic (exact) mass is 595 g/mol. The highest BCUT2D eigenvalue weighted by molar-refractivity contribution is 7.91. The number of aromatic nitrogens is 1. The molecule has 2 aromatic heterocycles. The maximum absolute atomic E-state index is 12.9. The maximum Gasteiger partial charge on any atom is 0.422 e. The quantitative estimate of drug-likeness (QED) is 0.247. The minimum Gasteiger partial charge on any atom is -0.349 e. The lowest BCUT2D eigenvalue weighted by molar-refractivity contribution is -0.693. The van der Waals surface area contributed by atoms with Crippen LogP contribution in [0.3, 0.4) is 0 Å². The number of thiophene rings is 1. The molecule has 0 radical (unpaired) electrons. The molecule has 8 nitrogen and oxygen atoms in total. The van der Waals surface area contributed by atoms with Gasteiger partial charge in [-0.1, -0.05) is 11.6 Å². The number of sulfonamides is 1. The average molecular weight is 596 g/mol. The van der Waals surface area contributed by atoms with Crippen LogP contribution in [0.25, 0.3) is 0 Å². The molecule has 0 aliphatic rings. The van der Waals surface area contributed by atoms with Crippen LogP contribution in [0, 0.1) is 0 Å². The Balaban J connectivity index is 1.47. The van der Waals surface area contributed by atoms with E-state index in [9.17, 15) is 31.2 Å². The van der Waals surface area contributed by atoms with Gasteiger partial charge in [0.05, 0.1) is 19.6 Å². The standard InChI is InChI=1S/C22H19Cl2F3N4O4S2/c23-16-4-1-14(2-5-16)21(33)29-11-17-6-8-20(36-17)37(34,35)30-12-19(32)28-9-10-31-13-15(22(25,26)27)3-7-18(31)24/h1-8,13,30H,9-12H2,(H-,28,29,32,33)/p+1. The van der Waals surface area contributed by atoms with Crippen LogP contribution in [0.4, 0.5) is 13.2 Å². The average Bonchev–Trinajstić information content (AvgIpc) is 3.32. The number of hydrogen-bond donors (Lipinski definition) is 3. The van der Waals surface area contributed by atoms with Crippen LogP contribution in [0.5, 0.6) is 0 Å². The van der Waals surface area contributed by atoms with Crippen molar-refractivity contribution in [2.24, 2.45) is 0 Å². The van der Waals surface area contributed by atoms with E-state index < -0.39 is 34.2 Å². The van der Waals surface area contributed by atoms with E-state index in [-0.39, 0.29) is 34.9 Å². The first-order valence-electron chi connectivity index (χ1n) is 10.5. The lowest BCUT2D eigenvalue weighted by Crippen LogP contribution is -2.44. The molecule has 2 amide bonds. The second kappa shape index (κ2) is 12.2. The number of alkyl halides is 3. The summed E-state index contributed by atoms with van der Waals surface area (Å²) in [5.74, 6) is -1.03. The van der Waals surface area contributed by atoms with Crippen LogP contribution in [0.1, 0.15) is 20.8 Å². The number of nitrogens with zero attached hydrogens (tertiary/aromatic N) is 1. The molecule has 0 unspecified atom stereocenters. The number of halogens is 5. The van der Waals surface area contributed by atoms with Gasteiger partial charge in [-0.2, -0.15) is 17.7 Å². The molecule has 0 bridgehead atoms. The zero-order chi connectivity index (χ0) is 27.2. The molecule has 0 aliphatic carbocycles. The smallest absolute Gasteiger partial charge is 0.349 e. The Labute approximate surface area is 224 Å². The Morgan fingerprint density at radius 1 is 0.973 bits per heavy atom. The first kappa shape index (κ1) is 28.9. The number of rotatable bonds is 10.